The third-order valence-corrected chi connectivity index (χ3v) is 7.84. The zero-order valence-electron chi connectivity index (χ0n) is 13.0. The molecule has 124 valence electrons. The number of hydrogen-bond acceptors (Lipinski definition) is 5. The number of sulfonamides is 1. The molecule has 1 aromatic rings. The fourth-order valence-electron chi connectivity index (χ4n) is 3.87. The second-order valence-corrected chi connectivity index (χ2v) is 8.95. The third kappa shape index (κ3) is 2.73. The zero-order valence-corrected chi connectivity index (χ0v) is 14.7. The summed E-state index contributed by atoms with van der Waals surface area (Å²) >= 11 is 1.53. The van der Waals surface area contributed by atoms with Gasteiger partial charge >= 0.3 is 0 Å². The van der Waals surface area contributed by atoms with Gasteiger partial charge in [-0.25, -0.2) is 12.7 Å². The number of rotatable bonds is 5. The summed E-state index contributed by atoms with van der Waals surface area (Å²) in [4.78, 5) is 0. The van der Waals surface area contributed by atoms with Crippen LogP contribution in [0, 0.1) is 5.41 Å². The van der Waals surface area contributed by atoms with Crippen molar-refractivity contribution in [2.75, 3.05) is 27.3 Å². The van der Waals surface area contributed by atoms with Crippen molar-refractivity contribution >= 4 is 21.4 Å². The molecule has 2 fully saturated rings. The molecule has 1 spiro atoms. The van der Waals surface area contributed by atoms with E-state index >= 15 is 0 Å². The zero-order chi connectivity index (χ0) is 15.8. The summed E-state index contributed by atoms with van der Waals surface area (Å²) in [6, 6.07) is 1.88. The Balaban J connectivity index is 1.66. The Morgan fingerprint density at radius 2 is 1.91 bits per heavy atom. The van der Waals surface area contributed by atoms with Gasteiger partial charge in [0.05, 0.1) is 18.0 Å². The van der Waals surface area contributed by atoms with Crippen LogP contribution in [0.15, 0.2) is 16.8 Å². The maximum atomic E-state index is 12.5. The Morgan fingerprint density at radius 1 is 1.27 bits per heavy atom. The minimum absolute atomic E-state index is 0.00208. The number of hydrogen-bond donors (Lipinski definition) is 0. The molecule has 0 radical (unpaired) electrons. The van der Waals surface area contributed by atoms with Crippen LogP contribution in [-0.2, 0) is 25.2 Å². The van der Waals surface area contributed by atoms with E-state index < -0.39 is 10.0 Å². The molecule has 0 amide bonds. The van der Waals surface area contributed by atoms with E-state index in [4.69, 9.17) is 9.47 Å². The average molecular weight is 345 g/mol. The predicted molar refractivity (Wildman–Crippen MR) is 86.4 cm³/mol. The van der Waals surface area contributed by atoms with Crippen molar-refractivity contribution in [3.05, 3.63) is 22.4 Å². The second kappa shape index (κ2) is 6.20. The van der Waals surface area contributed by atoms with Crippen molar-refractivity contribution in [2.45, 2.75) is 37.2 Å². The highest BCUT2D eigenvalue weighted by molar-refractivity contribution is 7.88. The number of nitrogens with zero attached hydrogens (tertiary/aromatic N) is 1. The van der Waals surface area contributed by atoms with Crippen LogP contribution in [0.2, 0.25) is 0 Å². The molecule has 1 saturated heterocycles. The van der Waals surface area contributed by atoms with Gasteiger partial charge in [-0.3, -0.25) is 0 Å². The van der Waals surface area contributed by atoms with Gasteiger partial charge in [0.1, 0.15) is 0 Å². The number of ether oxygens (including phenoxy) is 2. The van der Waals surface area contributed by atoms with Crippen LogP contribution >= 0.6 is 11.3 Å². The molecule has 1 aliphatic heterocycles. The van der Waals surface area contributed by atoms with Crippen LogP contribution < -0.4 is 0 Å². The van der Waals surface area contributed by atoms with Crippen LogP contribution in [-0.4, -0.2) is 52.2 Å². The molecule has 1 aromatic heterocycles. The van der Waals surface area contributed by atoms with Crippen LogP contribution in [0.3, 0.4) is 0 Å². The van der Waals surface area contributed by atoms with Gasteiger partial charge in [-0.2, -0.15) is 11.3 Å². The van der Waals surface area contributed by atoms with E-state index in [9.17, 15) is 8.42 Å². The first kappa shape index (κ1) is 16.4. The summed E-state index contributed by atoms with van der Waals surface area (Å²) in [6.45, 7) is 1.12. The minimum atomic E-state index is -3.23. The molecule has 1 saturated carbocycles. The lowest BCUT2D eigenvalue weighted by Gasteiger charge is -2.57. The molecule has 3 rings (SSSR count). The summed E-state index contributed by atoms with van der Waals surface area (Å²) in [5.74, 6) is 0.102. The lowest BCUT2D eigenvalue weighted by atomic mass is 9.58. The standard InChI is InChI=1S/C15H23NO4S2/c1-19-13-9-14(20-2)15(13)4-6-16(7-5-15)22(17,18)11-12-3-8-21-10-12/h3,8,10,13-14H,4-7,9,11H2,1-2H3/t13-,14+. The molecule has 5 nitrogen and oxygen atoms in total. The summed E-state index contributed by atoms with van der Waals surface area (Å²) in [5.41, 5.74) is 0.871. The van der Waals surface area contributed by atoms with Gasteiger partial charge in [0.25, 0.3) is 0 Å². The first-order valence-corrected chi connectivity index (χ1v) is 10.1. The van der Waals surface area contributed by atoms with E-state index in [0.29, 0.717) is 13.1 Å². The second-order valence-electron chi connectivity index (χ2n) is 6.20. The highest BCUT2D eigenvalue weighted by atomic mass is 32.2. The van der Waals surface area contributed by atoms with Crippen molar-refractivity contribution in [1.29, 1.82) is 0 Å². The van der Waals surface area contributed by atoms with Crippen molar-refractivity contribution in [3.63, 3.8) is 0 Å². The van der Waals surface area contributed by atoms with Crippen molar-refractivity contribution in [2.24, 2.45) is 5.41 Å². The molecule has 2 heterocycles. The van der Waals surface area contributed by atoms with E-state index in [1.54, 1.807) is 18.5 Å². The number of methoxy groups -OCH3 is 2. The third-order valence-electron chi connectivity index (χ3n) is 5.26. The lowest BCUT2D eigenvalue weighted by Crippen LogP contribution is -2.63. The summed E-state index contributed by atoms with van der Waals surface area (Å²) in [7, 11) is 0.238. The number of thiophene rings is 1. The van der Waals surface area contributed by atoms with Gasteiger partial charge in [0, 0.05) is 39.1 Å². The molecule has 22 heavy (non-hydrogen) atoms. The van der Waals surface area contributed by atoms with E-state index in [1.807, 2.05) is 16.8 Å². The Labute approximate surface area is 136 Å². The van der Waals surface area contributed by atoms with E-state index in [2.05, 4.69) is 0 Å². The van der Waals surface area contributed by atoms with Crippen LogP contribution in [0.5, 0.6) is 0 Å². The molecular weight excluding hydrogens is 322 g/mol. The quantitative estimate of drug-likeness (QED) is 0.820. The molecule has 2 atom stereocenters. The fourth-order valence-corrected chi connectivity index (χ4v) is 6.17. The van der Waals surface area contributed by atoms with Gasteiger partial charge in [0.2, 0.25) is 10.0 Å². The Bertz CT molecular complexity index is 579. The molecule has 1 aliphatic carbocycles. The molecule has 0 bridgehead atoms. The average Bonchev–Trinajstić information content (AvgIpc) is 2.99. The molecular formula is C15H23NO4S2. The Kier molecular flexibility index (Phi) is 4.62. The first-order valence-electron chi connectivity index (χ1n) is 7.56. The van der Waals surface area contributed by atoms with Crippen LogP contribution in [0.25, 0.3) is 0 Å². The predicted octanol–water partition coefficient (Wildman–Crippen LogP) is 2.09. The van der Waals surface area contributed by atoms with Crippen molar-refractivity contribution in [3.8, 4) is 0 Å². The van der Waals surface area contributed by atoms with Crippen LogP contribution in [0.1, 0.15) is 24.8 Å². The van der Waals surface area contributed by atoms with Gasteiger partial charge in [-0.15, -0.1) is 0 Å². The topological polar surface area (TPSA) is 55.8 Å². The maximum Gasteiger partial charge on any atom is 0.218 e. The molecule has 2 aliphatic rings. The van der Waals surface area contributed by atoms with Gasteiger partial charge in [0.15, 0.2) is 0 Å². The van der Waals surface area contributed by atoms with E-state index in [0.717, 1.165) is 24.8 Å². The van der Waals surface area contributed by atoms with Gasteiger partial charge < -0.3 is 9.47 Å². The van der Waals surface area contributed by atoms with Gasteiger partial charge in [-0.05, 0) is 35.2 Å². The van der Waals surface area contributed by atoms with Crippen LogP contribution in [0.4, 0.5) is 0 Å². The smallest absolute Gasteiger partial charge is 0.218 e. The monoisotopic (exact) mass is 345 g/mol. The summed E-state index contributed by atoms with van der Waals surface area (Å²) < 4.78 is 37.9. The highest BCUT2D eigenvalue weighted by Crippen LogP contribution is 2.52. The molecule has 0 N–H and O–H groups in total. The summed E-state index contributed by atoms with van der Waals surface area (Å²) in [6.07, 6.45) is 2.92. The normalized spacial score (nSPS) is 28.6. The Morgan fingerprint density at radius 3 is 2.41 bits per heavy atom. The fraction of sp³-hybridized carbons (Fsp3) is 0.733. The first-order chi connectivity index (χ1) is 10.5. The van der Waals surface area contributed by atoms with E-state index in [-0.39, 0.29) is 23.4 Å². The SMILES string of the molecule is CO[C@H]1C[C@@H](OC)C12CCN(S(=O)(=O)Cc1ccsc1)CC2. The molecule has 0 unspecified atom stereocenters. The van der Waals surface area contributed by atoms with E-state index in [1.165, 1.54) is 11.3 Å². The lowest BCUT2D eigenvalue weighted by molar-refractivity contribution is -0.208. The van der Waals surface area contributed by atoms with Crippen molar-refractivity contribution < 1.29 is 17.9 Å². The minimum Gasteiger partial charge on any atom is -0.381 e. The molecule has 7 heteroatoms. The maximum absolute atomic E-state index is 12.5. The highest BCUT2D eigenvalue weighted by Gasteiger charge is 2.57. The largest absolute Gasteiger partial charge is 0.381 e. The van der Waals surface area contributed by atoms with Gasteiger partial charge in [-0.1, -0.05) is 0 Å². The molecule has 0 aromatic carbocycles. The summed E-state index contributed by atoms with van der Waals surface area (Å²) in [5, 5.41) is 3.81. The van der Waals surface area contributed by atoms with Crippen molar-refractivity contribution in [1.82, 2.24) is 4.31 Å². The number of piperidine rings is 1. The Hall–Kier alpha value is -0.470.